The number of hydrogen-bond donors (Lipinski definition) is 1. The third kappa shape index (κ3) is 4.23. The lowest BCUT2D eigenvalue weighted by molar-refractivity contribution is -0.116. The van der Waals surface area contributed by atoms with Crippen molar-refractivity contribution < 1.29 is 4.79 Å². The Morgan fingerprint density at radius 1 is 1.29 bits per heavy atom. The van der Waals surface area contributed by atoms with E-state index in [0.29, 0.717) is 5.69 Å². The summed E-state index contributed by atoms with van der Waals surface area (Å²) in [4.78, 5) is 17.9. The van der Waals surface area contributed by atoms with Crippen LogP contribution in [-0.2, 0) is 4.79 Å². The second-order valence-corrected chi connectivity index (χ2v) is 5.19. The van der Waals surface area contributed by atoms with Crippen LogP contribution in [0.2, 0.25) is 0 Å². The second kappa shape index (κ2) is 7.31. The Morgan fingerprint density at radius 2 is 2.05 bits per heavy atom. The second-order valence-electron chi connectivity index (χ2n) is 4.19. The predicted octanol–water partition coefficient (Wildman–Crippen LogP) is 2.31. The lowest BCUT2D eigenvalue weighted by atomic mass is 10.3. The standard InChI is InChI=1S/C15H14N4OS/c16-8-9-19(13-4-2-1-3-5-13)15(20)11-21-14-7-6-12(17)10-18-14/h1-7,10H,9,11,17H2. The molecule has 0 aliphatic carbocycles. The molecule has 2 rings (SSSR count). The topological polar surface area (TPSA) is 83.0 Å². The van der Waals surface area contributed by atoms with Crippen LogP contribution in [0.1, 0.15) is 0 Å². The molecular weight excluding hydrogens is 284 g/mol. The molecule has 0 aliphatic heterocycles. The minimum atomic E-state index is -0.133. The van der Waals surface area contributed by atoms with E-state index in [0.717, 1.165) is 10.7 Å². The molecule has 1 aromatic carbocycles. The van der Waals surface area contributed by atoms with E-state index < -0.39 is 0 Å². The molecular formula is C15H14N4OS. The van der Waals surface area contributed by atoms with Gasteiger partial charge >= 0.3 is 0 Å². The van der Waals surface area contributed by atoms with E-state index in [2.05, 4.69) is 4.98 Å². The molecule has 0 radical (unpaired) electrons. The van der Waals surface area contributed by atoms with Gasteiger partial charge in [0.2, 0.25) is 5.91 Å². The molecule has 6 heteroatoms. The molecule has 0 saturated heterocycles. The molecule has 21 heavy (non-hydrogen) atoms. The van der Waals surface area contributed by atoms with Crippen LogP contribution in [0.25, 0.3) is 0 Å². The van der Waals surface area contributed by atoms with Crippen LogP contribution in [0.4, 0.5) is 11.4 Å². The minimum Gasteiger partial charge on any atom is -0.397 e. The predicted molar refractivity (Wildman–Crippen MR) is 83.8 cm³/mol. The molecule has 0 atom stereocenters. The third-order valence-corrected chi connectivity index (χ3v) is 3.63. The van der Waals surface area contributed by atoms with Crippen molar-refractivity contribution in [3.8, 4) is 6.07 Å². The molecule has 0 fully saturated rings. The summed E-state index contributed by atoms with van der Waals surface area (Å²) < 4.78 is 0. The number of anilines is 2. The first-order valence-electron chi connectivity index (χ1n) is 6.27. The Morgan fingerprint density at radius 3 is 2.67 bits per heavy atom. The number of carbonyl (C=O) groups is 1. The molecule has 1 amide bonds. The molecule has 5 nitrogen and oxygen atoms in total. The SMILES string of the molecule is N#CCN(C(=O)CSc1ccc(N)cn1)c1ccccc1. The molecule has 0 aliphatic rings. The number of thioether (sulfide) groups is 1. The molecule has 106 valence electrons. The van der Waals surface area contributed by atoms with Crippen molar-refractivity contribution in [2.45, 2.75) is 5.03 Å². The van der Waals surface area contributed by atoms with Crippen LogP contribution < -0.4 is 10.6 Å². The fourth-order valence-corrected chi connectivity index (χ4v) is 2.41. The van der Waals surface area contributed by atoms with Crippen LogP contribution in [0.3, 0.4) is 0 Å². The highest BCUT2D eigenvalue weighted by atomic mass is 32.2. The van der Waals surface area contributed by atoms with Crippen molar-refractivity contribution in [3.63, 3.8) is 0 Å². The van der Waals surface area contributed by atoms with Gasteiger partial charge in [-0.3, -0.25) is 9.69 Å². The van der Waals surface area contributed by atoms with Gasteiger partial charge in [0.15, 0.2) is 0 Å². The number of nitrogens with two attached hydrogens (primary N) is 1. The first kappa shape index (κ1) is 14.9. The van der Waals surface area contributed by atoms with Crippen LogP contribution in [0.15, 0.2) is 53.7 Å². The lowest BCUT2D eigenvalue weighted by Gasteiger charge is -2.19. The molecule has 0 bridgehead atoms. The zero-order valence-electron chi connectivity index (χ0n) is 11.3. The number of carbonyl (C=O) groups excluding carboxylic acids is 1. The summed E-state index contributed by atoms with van der Waals surface area (Å²) in [6.07, 6.45) is 1.55. The van der Waals surface area contributed by atoms with Crippen LogP contribution in [0, 0.1) is 11.3 Å². The largest absolute Gasteiger partial charge is 0.397 e. The number of benzene rings is 1. The quantitative estimate of drug-likeness (QED) is 0.676. The molecule has 0 saturated carbocycles. The van der Waals surface area contributed by atoms with Crippen molar-refractivity contribution in [2.75, 3.05) is 22.9 Å². The number of para-hydroxylation sites is 1. The van der Waals surface area contributed by atoms with E-state index in [1.165, 1.54) is 16.7 Å². The Hall–Kier alpha value is -2.52. The number of nitrogen functional groups attached to an aromatic ring is 1. The van der Waals surface area contributed by atoms with E-state index in [9.17, 15) is 4.79 Å². The zero-order chi connectivity index (χ0) is 15.1. The average molecular weight is 298 g/mol. The number of rotatable bonds is 5. The summed E-state index contributed by atoms with van der Waals surface area (Å²) in [5.74, 6) is 0.0828. The van der Waals surface area contributed by atoms with Gasteiger partial charge in [0.1, 0.15) is 6.54 Å². The van der Waals surface area contributed by atoms with E-state index in [1.54, 1.807) is 30.5 Å². The van der Waals surface area contributed by atoms with E-state index in [1.807, 2.05) is 24.3 Å². The molecule has 1 heterocycles. The summed E-state index contributed by atoms with van der Waals surface area (Å²) in [6.45, 7) is 0.0264. The summed E-state index contributed by atoms with van der Waals surface area (Å²) in [5, 5.41) is 9.61. The highest BCUT2D eigenvalue weighted by molar-refractivity contribution is 7.99. The van der Waals surface area contributed by atoms with Crippen molar-refractivity contribution in [3.05, 3.63) is 48.7 Å². The normalized spacial score (nSPS) is 9.86. The van der Waals surface area contributed by atoms with Crippen LogP contribution in [-0.4, -0.2) is 23.2 Å². The smallest absolute Gasteiger partial charge is 0.238 e. The number of nitriles is 1. The van der Waals surface area contributed by atoms with Crippen LogP contribution in [0.5, 0.6) is 0 Å². The third-order valence-electron chi connectivity index (χ3n) is 2.70. The van der Waals surface area contributed by atoms with E-state index in [4.69, 9.17) is 11.0 Å². The Labute approximate surface area is 127 Å². The van der Waals surface area contributed by atoms with Gasteiger partial charge < -0.3 is 5.73 Å². The summed E-state index contributed by atoms with van der Waals surface area (Å²) >= 11 is 1.32. The molecule has 0 unspecified atom stereocenters. The fraction of sp³-hybridized carbons (Fsp3) is 0.133. The number of nitrogens with zero attached hydrogens (tertiary/aromatic N) is 3. The Kier molecular flexibility index (Phi) is 5.18. The molecule has 1 aromatic heterocycles. The number of hydrogen-bond acceptors (Lipinski definition) is 5. The number of aromatic nitrogens is 1. The van der Waals surface area contributed by atoms with E-state index in [-0.39, 0.29) is 18.2 Å². The number of amides is 1. The first-order chi connectivity index (χ1) is 10.2. The van der Waals surface area contributed by atoms with Crippen molar-refractivity contribution in [2.24, 2.45) is 0 Å². The first-order valence-corrected chi connectivity index (χ1v) is 7.26. The highest BCUT2D eigenvalue weighted by Crippen LogP contribution is 2.19. The van der Waals surface area contributed by atoms with Gasteiger partial charge in [-0.15, -0.1) is 0 Å². The number of pyridine rings is 1. The summed E-state index contributed by atoms with van der Waals surface area (Å²) in [6, 6.07) is 14.7. The van der Waals surface area contributed by atoms with Gasteiger partial charge in [-0.05, 0) is 24.3 Å². The maximum absolute atomic E-state index is 12.3. The summed E-state index contributed by atoms with van der Waals surface area (Å²) in [7, 11) is 0. The van der Waals surface area contributed by atoms with Gasteiger partial charge in [0, 0.05) is 5.69 Å². The van der Waals surface area contributed by atoms with Gasteiger partial charge in [0.05, 0.1) is 28.7 Å². The minimum absolute atomic E-state index is 0.0264. The van der Waals surface area contributed by atoms with Gasteiger partial charge in [-0.1, -0.05) is 30.0 Å². The van der Waals surface area contributed by atoms with Crippen molar-refractivity contribution >= 4 is 29.0 Å². The molecule has 2 aromatic rings. The highest BCUT2D eigenvalue weighted by Gasteiger charge is 2.15. The maximum Gasteiger partial charge on any atom is 0.238 e. The lowest BCUT2D eigenvalue weighted by Crippen LogP contribution is -2.32. The van der Waals surface area contributed by atoms with Gasteiger partial charge in [-0.25, -0.2) is 4.98 Å². The van der Waals surface area contributed by atoms with Crippen LogP contribution >= 0.6 is 11.8 Å². The Bertz CT molecular complexity index is 637. The van der Waals surface area contributed by atoms with E-state index >= 15 is 0 Å². The average Bonchev–Trinajstić information content (AvgIpc) is 2.52. The zero-order valence-corrected chi connectivity index (χ0v) is 12.1. The monoisotopic (exact) mass is 298 g/mol. The van der Waals surface area contributed by atoms with Crippen molar-refractivity contribution in [1.82, 2.24) is 4.98 Å². The maximum atomic E-state index is 12.3. The molecule has 2 N–H and O–H groups in total. The van der Waals surface area contributed by atoms with Gasteiger partial charge in [0.25, 0.3) is 0 Å². The van der Waals surface area contributed by atoms with Crippen molar-refractivity contribution in [1.29, 1.82) is 5.26 Å². The molecule has 0 spiro atoms. The van der Waals surface area contributed by atoms with Gasteiger partial charge in [-0.2, -0.15) is 5.26 Å². The fourth-order valence-electron chi connectivity index (χ4n) is 1.69. The summed E-state index contributed by atoms with van der Waals surface area (Å²) in [5.41, 5.74) is 6.87. The Balaban J connectivity index is 2.02.